The standard InChI is InChI=1S/C18H14F3N3O2S2/c19-18(20,21)12-3-1-10(2-4-12)14-8-22-17(28-14)24-6-5-11-7-13(16(25)23-26)27-15(11)9-24/h1-4,7-8,26H,5-6,9H2,(H,23,25). The van der Waals surface area contributed by atoms with Crippen molar-refractivity contribution in [2.24, 2.45) is 0 Å². The van der Waals surface area contributed by atoms with Crippen LogP contribution in [0.15, 0.2) is 36.5 Å². The summed E-state index contributed by atoms with van der Waals surface area (Å²) in [6.07, 6.45) is -1.94. The van der Waals surface area contributed by atoms with Crippen LogP contribution in [0.4, 0.5) is 18.3 Å². The SMILES string of the molecule is O=C(NO)c1cc2c(s1)CN(c1ncc(-c3ccc(C(F)(F)F)cc3)s1)CC2. The van der Waals surface area contributed by atoms with Gasteiger partial charge in [-0.25, -0.2) is 10.5 Å². The summed E-state index contributed by atoms with van der Waals surface area (Å²) in [5.41, 5.74) is 2.74. The Hall–Kier alpha value is -2.43. The van der Waals surface area contributed by atoms with Crippen molar-refractivity contribution in [2.75, 3.05) is 11.4 Å². The van der Waals surface area contributed by atoms with Crippen LogP contribution in [0.1, 0.15) is 25.7 Å². The zero-order chi connectivity index (χ0) is 19.9. The molecule has 4 rings (SSSR count). The van der Waals surface area contributed by atoms with E-state index in [-0.39, 0.29) is 0 Å². The lowest BCUT2D eigenvalue weighted by atomic mass is 10.1. The third kappa shape index (κ3) is 3.62. The highest BCUT2D eigenvalue weighted by Crippen LogP contribution is 2.37. The number of hydrogen-bond acceptors (Lipinski definition) is 6. The number of hydrogen-bond donors (Lipinski definition) is 2. The van der Waals surface area contributed by atoms with Gasteiger partial charge >= 0.3 is 6.18 Å². The molecule has 146 valence electrons. The fraction of sp³-hybridized carbons (Fsp3) is 0.222. The van der Waals surface area contributed by atoms with Gasteiger partial charge in [-0.2, -0.15) is 13.2 Å². The first kappa shape index (κ1) is 18.9. The maximum Gasteiger partial charge on any atom is 0.416 e. The van der Waals surface area contributed by atoms with Crippen molar-refractivity contribution in [2.45, 2.75) is 19.1 Å². The highest BCUT2D eigenvalue weighted by atomic mass is 32.1. The van der Waals surface area contributed by atoms with Crippen LogP contribution in [-0.4, -0.2) is 22.6 Å². The molecule has 1 aromatic carbocycles. The molecule has 1 aliphatic heterocycles. The van der Waals surface area contributed by atoms with Gasteiger partial charge in [0, 0.05) is 17.6 Å². The molecule has 0 saturated heterocycles. The third-order valence-electron chi connectivity index (χ3n) is 4.47. The number of nitrogens with zero attached hydrogens (tertiary/aromatic N) is 2. The Balaban J connectivity index is 1.52. The minimum Gasteiger partial charge on any atom is -0.343 e. The second-order valence-corrected chi connectivity index (χ2v) is 8.40. The molecule has 1 amide bonds. The van der Waals surface area contributed by atoms with Crippen LogP contribution in [0.25, 0.3) is 10.4 Å². The zero-order valence-electron chi connectivity index (χ0n) is 14.3. The lowest BCUT2D eigenvalue weighted by Crippen LogP contribution is -2.29. The van der Waals surface area contributed by atoms with Crippen LogP contribution in [0.3, 0.4) is 0 Å². The third-order valence-corrected chi connectivity index (χ3v) is 6.74. The van der Waals surface area contributed by atoms with Gasteiger partial charge in [0.15, 0.2) is 5.13 Å². The molecule has 1 aliphatic rings. The summed E-state index contributed by atoms with van der Waals surface area (Å²) >= 11 is 2.75. The van der Waals surface area contributed by atoms with Crippen molar-refractivity contribution in [3.05, 3.63) is 57.4 Å². The summed E-state index contributed by atoms with van der Waals surface area (Å²) in [6.45, 7) is 1.32. The molecular formula is C18H14F3N3O2S2. The number of alkyl halides is 3. The number of anilines is 1. The summed E-state index contributed by atoms with van der Waals surface area (Å²) in [7, 11) is 0. The van der Waals surface area contributed by atoms with E-state index in [1.54, 1.807) is 17.7 Å². The first-order valence-electron chi connectivity index (χ1n) is 8.29. The van der Waals surface area contributed by atoms with Gasteiger partial charge in [-0.1, -0.05) is 23.5 Å². The smallest absolute Gasteiger partial charge is 0.343 e. The van der Waals surface area contributed by atoms with Crippen LogP contribution in [-0.2, 0) is 19.1 Å². The molecule has 0 radical (unpaired) electrons. The highest BCUT2D eigenvalue weighted by Gasteiger charge is 2.30. The van der Waals surface area contributed by atoms with E-state index in [2.05, 4.69) is 9.88 Å². The molecule has 0 atom stereocenters. The Morgan fingerprint density at radius 2 is 1.96 bits per heavy atom. The van der Waals surface area contributed by atoms with Gasteiger partial charge in [0.25, 0.3) is 5.91 Å². The Labute approximate surface area is 166 Å². The predicted molar refractivity (Wildman–Crippen MR) is 101 cm³/mol. The minimum absolute atomic E-state index is 0.457. The van der Waals surface area contributed by atoms with Crippen LogP contribution in [0.2, 0.25) is 0 Å². The van der Waals surface area contributed by atoms with Crippen LogP contribution >= 0.6 is 22.7 Å². The van der Waals surface area contributed by atoms with Crippen molar-refractivity contribution < 1.29 is 23.2 Å². The van der Waals surface area contributed by atoms with Crippen molar-refractivity contribution >= 4 is 33.7 Å². The maximum atomic E-state index is 12.7. The van der Waals surface area contributed by atoms with Gasteiger partial charge in [0.05, 0.1) is 21.9 Å². The molecule has 3 heterocycles. The van der Waals surface area contributed by atoms with E-state index < -0.39 is 17.6 Å². The molecule has 2 aromatic heterocycles. The number of nitrogens with one attached hydrogen (secondary N) is 1. The van der Waals surface area contributed by atoms with Crippen molar-refractivity contribution in [1.82, 2.24) is 10.5 Å². The number of thiophene rings is 1. The average molecular weight is 425 g/mol. The van der Waals surface area contributed by atoms with E-state index in [1.807, 2.05) is 0 Å². The van der Waals surface area contributed by atoms with E-state index in [0.717, 1.165) is 45.5 Å². The highest BCUT2D eigenvalue weighted by molar-refractivity contribution is 7.19. The van der Waals surface area contributed by atoms with Crippen LogP contribution in [0.5, 0.6) is 0 Å². The van der Waals surface area contributed by atoms with E-state index >= 15 is 0 Å². The zero-order valence-corrected chi connectivity index (χ0v) is 15.9. The summed E-state index contributed by atoms with van der Waals surface area (Å²) in [5.74, 6) is -0.523. The van der Waals surface area contributed by atoms with Gasteiger partial charge in [-0.05, 0) is 35.7 Å². The van der Waals surface area contributed by atoms with Gasteiger partial charge in [-0.15, -0.1) is 11.3 Å². The maximum absolute atomic E-state index is 12.7. The van der Waals surface area contributed by atoms with Gasteiger partial charge in [-0.3, -0.25) is 10.0 Å². The van der Waals surface area contributed by atoms with Gasteiger partial charge in [0.1, 0.15) is 0 Å². The summed E-state index contributed by atoms with van der Waals surface area (Å²) in [6, 6.07) is 6.84. The normalized spacial score (nSPS) is 14.1. The van der Waals surface area contributed by atoms with E-state index in [9.17, 15) is 18.0 Å². The fourth-order valence-electron chi connectivity index (χ4n) is 3.02. The molecular weight excluding hydrogens is 411 g/mol. The average Bonchev–Trinajstić information content (AvgIpc) is 3.33. The molecule has 3 aromatic rings. The number of carbonyl (C=O) groups excluding carboxylic acids is 1. The van der Waals surface area contributed by atoms with E-state index in [1.165, 1.54) is 34.8 Å². The topological polar surface area (TPSA) is 65.5 Å². The second-order valence-electron chi connectivity index (χ2n) is 6.25. The second kappa shape index (κ2) is 7.19. The summed E-state index contributed by atoms with van der Waals surface area (Å²) in [5, 5.41) is 9.56. The Kier molecular flexibility index (Phi) is 4.86. The molecule has 0 saturated carbocycles. The van der Waals surface area contributed by atoms with E-state index in [4.69, 9.17) is 5.21 Å². The van der Waals surface area contributed by atoms with Gasteiger partial charge < -0.3 is 4.90 Å². The quantitative estimate of drug-likeness (QED) is 0.477. The monoisotopic (exact) mass is 425 g/mol. The largest absolute Gasteiger partial charge is 0.416 e. The summed E-state index contributed by atoms with van der Waals surface area (Å²) < 4.78 is 38.1. The van der Waals surface area contributed by atoms with Crippen molar-refractivity contribution in [3.8, 4) is 10.4 Å². The Bertz CT molecular complexity index is 1010. The predicted octanol–water partition coefficient (Wildman–Crippen LogP) is 4.57. The minimum atomic E-state index is -4.35. The number of fused-ring (bicyclic) bond motifs is 1. The molecule has 28 heavy (non-hydrogen) atoms. The molecule has 0 unspecified atom stereocenters. The van der Waals surface area contributed by atoms with Gasteiger partial charge in [0.2, 0.25) is 0 Å². The Morgan fingerprint density at radius 3 is 2.64 bits per heavy atom. The first-order valence-corrected chi connectivity index (χ1v) is 9.93. The number of benzene rings is 1. The molecule has 0 spiro atoms. The molecule has 0 fully saturated rings. The fourth-order valence-corrected chi connectivity index (χ4v) is 5.08. The molecule has 10 heteroatoms. The lowest BCUT2D eigenvalue weighted by Gasteiger charge is -2.26. The number of aromatic nitrogens is 1. The van der Waals surface area contributed by atoms with E-state index in [0.29, 0.717) is 17.0 Å². The van der Waals surface area contributed by atoms with Crippen molar-refractivity contribution in [3.63, 3.8) is 0 Å². The number of thiazole rings is 1. The van der Waals surface area contributed by atoms with Crippen LogP contribution in [0, 0.1) is 0 Å². The molecule has 2 N–H and O–H groups in total. The number of carbonyl (C=O) groups is 1. The van der Waals surface area contributed by atoms with Crippen molar-refractivity contribution in [1.29, 1.82) is 0 Å². The Morgan fingerprint density at radius 1 is 1.21 bits per heavy atom. The first-order chi connectivity index (χ1) is 13.3. The number of hydroxylamine groups is 1. The van der Waals surface area contributed by atoms with Crippen LogP contribution < -0.4 is 10.4 Å². The number of amides is 1. The lowest BCUT2D eigenvalue weighted by molar-refractivity contribution is -0.137. The molecule has 0 aliphatic carbocycles. The summed E-state index contributed by atoms with van der Waals surface area (Å²) in [4.78, 5) is 20.4. The molecule has 5 nitrogen and oxygen atoms in total. The molecule has 0 bridgehead atoms. The number of rotatable bonds is 3. The number of halogens is 3.